The van der Waals surface area contributed by atoms with Crippen molar-refractivity contribution >= 4 is 5.91 Å². The summed E-state index contributed by atoms with van der Waals surface area (Å²) in [5.74, 6) is -0.162. The number of aryl methyl sites for hydroxylation is 2. The molecule has 0 aliphatic heterocycles. The first kappa shape index (κ1) is 22.1. The minimum Gasteiger partial charge on any atom is -0.492 e. The number of amides is 1. The highest BCUT2D eigenvalue weighted by molar-refractivity contribution is 5.92. The van der Waals surface area contributed by atoms with Crippen LogP contribution in [0.25, 0.3) is 5.69 Å². The Morgan fingerprint density at radius 2 is 1.84 bits per heavy atom. The second kappa shape index (κ2) is 9.03. The van der Waals surface area contributed by atoms with Crippen LogP contribution in [-0.4, -0.2) is 28.8 Å². The van der Waals surface area contributed by atoms with Crippen molar-refractivity contribution in [1.29, 1.82) is 0 Å². The Morgan fingerprint density at radius 3 is 2.55 bits per heavy atom. The topological polar surface area (TPSA) is 73.2 Å². The van der Waals surface area contributed by atoms with Crippen molar-refractivity contribution in [3.63, 3.8) is 0 Å². The van der Waals surface area contributed by atoms with Crippen molar-refractivity contribution < 1.29 is 22.7 Å². The van der Waals surface area contributed by atoms with E-state index in [4.69, 9.17) is 4.74 Å². The van der Waals surface area contributed by atoms with Gasteiger partial charge < -0.3 is 10.1 Å². The Balaban J connectivity index is 1.78. The van der Waals surface area contributed by atoms with Gasteiger partial charge in [-0.3, -0.25) is 9.59 Å². The summed E-state index contributed by atoms with van der Waals surface area (Å²) in [5.41, 5.74) is -1.20. The zero-order valence-electron chi connectivity index (χ0n) is 16.9. The van der Waals surface area contributed by atoms with Gasteiger partial charge in [0.1, 0.15) is 12.4 Å². The zero-order valence-corrected chi connectivity index (χ0v) is 16.9. The molecule has 1 amide bonds. The molecule has 2 aromatic carbocycles. The van der Waals surface area contributed by atoms with Gasteiger partial charge in [-0.1, -0.05) is 24.3 Å². The van der Waals surface area contributed by atoms with Gasteiger partial charge in [0.2, 0.25) is 5.43 Å². The average Bonchev–Trinajstić information content (AvgIpc) is 2.70. The van der Waals surface area contributed by atoms with Crippen LogP contribution in [-0.2, 0) is 6.18 Å². The Labute approximate surface area is 176 Å². The van der Waals surface area contributed by atoms with E-state index in [0.29, 0.717) is 5.75 Å². The van der Waals surface area contributed by atoms with Gasteiger partial charge in [0.05, 0.1) is 17.8 Å². The summed E-state index contributed by atoms with van der Waals surface area (Å²) in [7, 11) is 0. The van der Waals surface area contributed by atoms with Gasteiger partial charge in [-0.15, -0.1) is 0 Å². The van der Waals surface area contributed by atoms with Crippen LogP contribution in [0.5, 0.6) is 5.75 Å². The Hall–Kier alpha value is -3.62. The third kappa shape index (κ3) is 5.30. The van der Waals surface area contributed by atoms with Crippen LogP contribution < -0.4 is 15.5 Å². The number of rotatable bonds is 6. The molecule has 0 fully saturated rings. The molecular formula is C22H20F3N3O3. The molecule has 0 spiro atoms. The molecule has 3 rings (SSSR count). The van der Waals surface area contributed by atoms with E-state index in [1.807, 2.05) is 25.1 Å². The first-order valence-corrected chi connectivity index (χ1v) is 9.42. The van der Waals surface area contributed by atoms with Gasteiger partial charge in [0, 0.05) is 11.8 Å². The molecule has 9 heteroatoms. The summed E-state index contributed by atoms with van der Waals surface area (Å²) in [6.45, 7) is 3.59. The number of aromatic nitrogens is 2. The Bertz CT molecular complexity index is 1160. The molecule has 6 nitrogen and oxygen atoms in total. The summed E-state index contributed by atoms with van der Waals surface area (Å²) in [5, 5.41) is 6.42. The van der Waals surface area contributed by atoms with Crippen molar-refractivity contribution in [3.8, 4) is 11.4 Å². The van der Waals surface area contributed by atoms with Gasteiger partial charge in [-0.05, 0) is 43.7 Å². The van der Waals surface area contributed by atoms with Gasteiger partial charge >= 0.3 is 6.18 Å². The van der Waals surface area contributed by atoms with Gasteiger partial charge in [-0.25, -0.2) is 4.68 Å². The normalized spacial score (nSPS) is 11.3. The van der Waals surface area contributed by atoms with E-state index >= 15 is 0 Å². The Morgan fingerprint density at radius 1 is 1.10 bits per heavy atom. The maximum absolute atomic E-state index is 13.4. The number of alkyl halides is 3. The molecule has 0 saturated carbocycles. The fourth-order valence-electron chi connectivity index (χ4n) is 2.97. The number of hydrogen-bond donors (Lipinski definition) is 1. The highest BCUT2D eigenvalue weighted by Crippen LogP contribution is 2.33. The molecule has 0 unspecified atom stereocenters. The smallest absolute Gasteiger partial charge is 0.418 e. The predicted octanol–water partition coefficient (Wildman–Crippen LogP) is 3.68. The lowest BCUT2D eigenvalue weighted by atomic mass is 10.1. The second-order valence-electron chi connectivity index (χ2n) is 6.85. The number of hydrogen-bond acceptors (Lipinski definition) is 4. The monoisotopic (exact) mass is 431 g/mol. The van der Waals surface area contributed by atoms with Crippen LogP contribution in [0.2, 0.25) is 0 Å². The molecule has 0 atom stereocenters. The highest BCUT2D eigenvalue weighted by atomic mass is 19.4. The number of carbonyl (C=O) groups excluding carboxylic acids is 1. The Kier molecular flexibility index (Phi) is 6.43. The molecule has 0 radical (unpaired) electrons. The van der Waals surface area contributed by atoms with Crippen LogP contribution in [0.3, 0.4) is 0 Å². The average molecular weight is 431 g/mol. The van der Waals surface area contributed by atoms with Crippen molar-refractivity contribution in [3.05, 3.63) is 87.3 Å². The first-order valence-electron chi connectivity index (χ1n) is 9.42. The third-order valence-electron chi connectivity index (χ3n) is 4.41. The lowest BCUT2D eigenvalue weighted by Gasteiger charge is -2.16. The SMILES string of the molecule is Cc1cccc(OCCNC(=O)c2nn(-c3ccccc3C(F)(F)F)c(C)cc2=O)c1. The number of nitrogens with zero attached hydrogens (tertiary/aromatic N) is 2. The van der Waals surface area contributed by atoms with Crippen molar-refractivity contribution in [2.24, 2.45) is 0 Å². The lowest BCUT2D eigenvalue weighted by Crippen LogP contribution is -2.34. The van der Waals surface area contributed by atoms with E-state index in [9.17, 15) is 22.8 Å². The molecule has 3 aromatic rings. The summed E-state index contributed by atoms with van der Waals surface area (Å²) >= 11 is 0. The van der Waals surface area contributed by atoms with Crippen molar-refractivity contribution in [1.82, 2.24) is 15.1 Å². The first-order chi connectivity index (χ1) is 14.7. The second-order valence-corrected chi connectivity index (χ2v) is 6.85. The molecule has 0 bridgehead atoms. The van der Waals surface area contributed by atoms with Crippen LogP contribution >= 0.6 is 0 Å². The molecule has 0 aliphatic rings. The molecule has 162 valence electrons. The predicted molar refractivity (Wildman–Crippen MR) is 109 cm³/mol. The number of halogens is 3. The van der Waals surface area contributed by atoms with Crippen molar-refractivity contribution in [2.75, 3.05) is 13.2 Å². The van der Waals surface area contributed by atoms with E-state index in [0.717, 1.165) is 22.4 Å². The summed E-state index contributed by atoms with van der Waals surface area (Å²) < 4.78 is 46.6. The molecule has 1 aromatic heterocycles. The molecule has 31 heavy (non-hydrogen) atoms. The van der Waals surface area contributed by atoms with Crippen LogP contribution in [0.15, 0.2) is 59.4 Å². The molecule has 0 aliphatic carbocycles. The lowest BCUT2D eigenvalue weighted by molar-refractivity contribution is -0.137. The van der Waals surface area contributed by atoms with E-state index < -0.39 is 28.8 Å². The zero-order chi connectivity index (χ0) is 22.6. The molecule has 1 N–H and O–H groups in total. The maximum Gasteiger partial charge on any atom is 0.418 e. The third-order valence-corrected chi connectivity index (χ3v) is 4.41. The standard InChI is InChI=1S/C22H20F3N3O3/c1-14-6-5-7-16(12-14)31-11-10-26-21(30)20-19(29)13-15(2)28(27-20)18-9-4-3-8-17(18)22(23,24)25/h3-9,12-13H,10-11H2,1-2H3,(H,26,30). The molecule has 1 heterocycles. The number of para-hydroxylation sites is 1. The van der Waals surface area contributed by atoms with Gasteiger partial charge in [-0.2, -0.15) is 18.3 Å². The van der Waals surface area contributed by atoms with E-state index in [1.54, 1.807) is 6.07 Å². The summed E-state index contributed by atoms with van der Waals surface area (Å²) in [6, 6.07) is 13.3. The number of nitrogens with one attached hydrogen (secondary N) is 1. The fourth-order valence-corrected chi connectivity index (χ4v) is 2.97. The number of ether oxygens (including phenoxy) is 1. The van der Waals surface area contributed by atoms with Gasteiger partial charge in [0.25, 0.3) is 5.91 Å². The largest absolute Gasteiger partial charge is 0.492 e. The van der Waals surface area contributed by atoms with Crippen LogP contribution in [0, 0.1) is 13.8 Å². The molecule has 0 saturated heterocycles. The van der Waals surface area contributed by atoms with Gasteiger partial charge in [0.15, 0.2) is 5.69 Å². The summed E-state index contributed by atoms with van der Waals surface area (Å²) in [4.78, 5) is 24.7. The van der Waals surface area contributed by atoms with E-state index in [1.165, 1.54) is 25.1 Å². The molecular weight excluding hydrogens is 411 g/mol. The quantitative estimate of drug-likeness (QED) is 0.605. The van der Waals surface area contributed by atoms with E-state index in [2.05, 4.69) is 10.4 Å². The van der Waals surface area contributed by atoms with Crippen molar-refractivity contribution in [2.45, 2.75) is 20.0 Å². The minimum absolute atomic E-state index is 0.0842. The maximum atomic E-state index is 13.4. The van der Waals surface area contributed by atoms with E-state index in [-0.39, 0.29) is 24.5 Å². The minimum atomic E-state index is -4.62. The number of benzene rings is 2. The highest BCUT2D eigenvalue weighted by Gasteiger charge is 2.34. The summed E-state index contributed by atoms with van der Waals surface area (Å²) in [6.07, 6.45) is -4.62. The fraction of sp³-hybridized carbons (Fsp3) is 0.227. The number of carbonyl (C=O) groups is 1. The van der Waals surface area contributed by atoms with Crippen LogP contribution in [0.4, 0.5) is 13.2 Å². The van der Waals surface area contributed by atoms with Crippen LogP contribution in [0.1, 0.15) is 27.3 Å².